The number of carbonyl (C=O) groups is 3. The number of aliphatic hydroxyl groups excluding tert-OH is 2. The molecule has 2 saturated heterocycles. The molecule has 0 radical (unpaired) electrons. The zero-order valence-electron chi connectivity index (χ0n) is 23.3. The normalized spacial score (nSPS) is 29.4. The largest absolute Gasteiger partial charge is 0.507 e. The molecule has 10 nitrogen and oxygen atoms in total. The van der Waals surface area contributed by atoms with Crippen LogP contribution < -0.4 is 4.74 Å². The van der Waals surface area contributed by atoms with Gasteiger partial charge in [0.05, 0.1) is 23.3 Å². The van der Waals surface area contributed by atoms with Gasteiger partial charge in [-0.05, 0) is 49.9 Å². The van der Waals surface area contributed by atoms with Crippen molar-refractivity contribution in [2.45, 2.75) is 83.8 Å². The van der Waals surface area contributed by atoms with Crippen molar-refractivity contribution >= 4 is 23.1 Å². The molecule has 1 aliphatic carbocycles. The van der Waals surface area contributed by atoms with E-state index in [0.717, 1.165) is 6.42 Å². The van der Waals surface area contributed by atoms with E-state index >= 15 is 0 Å². The molecule has 0 amide bonds. The fourth-order valence-corrected chi connectivity index (χ4v) is 6.28. The number of aromatic hydroxyl groups is 1. The number of benzene rings is 2. The zero-order chi connectivity index (χ0) is 29.3. The lowest BCUT2D eigenvalue weighted by Crippen LogP contribution is -2.48. The Kier molecular flexibility index (Phi) is 6.67. The molecule has 3 N–H and O–H groups in total. The van der Waals surface area contributed by atoms with Crippen LogP contribution in [0.25, 0.3) is 5.57 Å². The van der Waals surface area contributed by atoms with E-state index in [0.29, 0.717) is 17.5 Å². The molecular weight excluding hydrogens is 530 g/mol. The van der Waals surface area contributed by atoms with Gasteiger partial charge in [0, 0.05) is 23.1 Å². The second kappa shape index (κ2) is 9.97. The number of ether oxygens (including phenoxy) is 3. The molecule has 2 aromatic rings. The molecule has 0 saturated carbocycles. The number of allylic oxidation sites excluding steroid dienone is 2. The Labute approximate surface area is 237 Å². The second-order valence-corrected chi connectivity index (χ2v) is 11.5. The van der Waals surface area contributed by atoms with E-state index in [1.807, 2.05) is 13.8 Å². The maximum Gasteiger partial charge on any atom is 0.331 e. The summed E-state index contributed by atoms with van der Waals surface area (Å²) in [6.45, 7) is 7.42. The summed E-state index contributed by atoms with van der Waals surface area (Å²) in [7, 11) is 0. The van der Waals surface area contributed by atoms with Gasteiger partial charge in [-0.1, -0.05) is 32.4 Å². The fraction of sp³-hybridized carbons (Fsp3) is 0.452. The Bertz CT molecular complexity index is 1480. The molecule has 3 heterocycles. The number of aryl methyl sites for hydroxylation is 1. The Balaban J connectivity index is 1.50. The summed E-state index contributed by atoms with van der Waals surface area (Å²) < 4.78 is 17.6. The molecule has 6 unspecified atom stereocenters. The standard InChI is InChI=1S/C31H33NO9/c1-5-13(2)10-18-31(38)41-30-17-9-14(3)11-19(33)23(17)25-26(32(18)30)29(37)24-16(28(25)36)7-6-8-21(24)40-22-12-20(34)27(35)15(4)39-22/h6-9,11,13,15,18,20,22,27,30,33-35H,5,10,12H2,1-4H3/t13?,15?,18-,20?,22?,27?,30?/m0/s1. The molecule has 0 aromatic heterocycles. The third-order valence-electron chi connectivity index (χ3n) is 8.59. The van der Waals surface area contributed by atoms with Crippen molar-refractivity contribution in [2.75, 3.05) is 0 Å². The summed E-state index contributed by atoms with van der Waals surface area (Å²) in [5.74, 6) is -1.50. The molecule has 0 spiro atoms. The number of fused-ring (bicyclic) bond motifs is 6. The quantitative estimate of drug-likeness (QED) is 0.463. The predicted molar refractivity (Wildman–Crippen MR) is 145 cm³/mol. The first-order chi connectivity index (χ1) is 19.5. The number of phenols is 1. The lowest BCUT2D eigenvalue weighted by Gasteiger charge is -2.39. The Morgan fingerprint density at radius 3 is 2.59 bits per heavy atom. The SMILES string of the molecule is CCC(C)C[C@H]1C(=O)OC2c3cc(C)cc(O)c3C3=C(C(=O)c4c(OC5CC(O)C(O)C(C)O5)cccc4C3=O)N21. The van der Waals surface area contributed by atoms with Crippen LogP contribution in [0, 0.1) is 12.8 Å². The molecule has 3 aliphatic heterocycles. The molecule has 0 bridgehead atoms. The van der Waals surface area contributed by atoms with Crippen molar-refractivity contribution < 1.29 is 43.9 Å². The van der Waals surface area contributed by atoms with Gasteiger partial charge in [-0.2, -0.15) is 0 Å². The van der Waals surface area contributed by atoms with Gasteiger partial charge in [0.1, 0.15) is 29.3 Å². The molecule has 6 rings (SSSR count). The zero-order valence-corrected chi connectivity index (χ0v) is 23.3. The summed E-state index contributed by atoms with van der Waals surface area (Å²) in [6.07, 6.45) is -3.68. The maximum absolute atomic E-state index is 14.5. The smallest absolute Gasteiger partial charge is 0.331 e. The van der Waals surface area contributed by atoms with Crippen molar-refractivity contribution in [2.24, 2.45) is 5.92 Å². The molecule has 216 valence electrons. The fourth-order valence-electron chi connectivity index (χ4n) is 6.28. The van der Waals surface area contributed by atoms with Crippen molar-refractivity contribution in [1.29, 1.82) is 0 Å². The number of Topliss-reactive ketones (excluding diaryl/α,β-unsaturated/α-hetero) is 2. The Morgan fingerprint density at radius 2 is 1.88 bits per heavy atom. The number of hydrogen-bond acceptors (Lipinski definition) is 10. The predicted octanol–water partition coefficient (Wildman–Crippen LogP) is 3.40. The van der Waals surface area contributed by atoms with Gasteiger partial charge in [0.25, 0.3) is 0 Å². The minimum Gasteiger partial charge on any atom is -0.507 e. The highest BCUT2D eigenvalue weighted by atomic mass is 16.7. The minimum absolute atomic E-state index is 0.00329. The van der Waals surface area contributed by atoms with Crippen molar-refractivity contribution in [3.8, 4) is 11.5 Å². The lowest BCUT2D eigenvalue weighted by molar-refractivity contribution is -0.216. The van der Waals surface area contributed by atoms with Gasteiger partial charge in [-0.25, -0.2) is 4.79 Å². The Hall–Kier alpha value is -3.73. The van der Waals surface area contributed by atoms with E-state index < -0.39 is 54.4 Å². The molecule has 4 aliphatic rings. The highest BCUT2D eigenvalue weighted by Gasteiger charge is 2.54. The van der Waals surface area contributed by atoms with Gasteiger partial charge in [-0.3, -0.25) is 9.59 Å². The van der Waals surface area contributed by atoms with Crippen LogP contribution in [0.2, 0.25) is 0 Å². The highest BCUT2D eigenvalue weighted by Crippen LogP contribution is 2.52. The van der Waals surface area contributed by atoms with Crippen molar-refractivity contribution in [3.05, 3.63) is 63.8 Å². The number of aliphatic hydroxyl groups is 2. The molecule has 7 atom stereocenters. The first-order valence-corrected chi connectivity index (χ1v) is 14.0. The Morgan fingerprint density at radius 1 is 1.12 bits per heavy atom. The third kappa shape index (κ3) is 4.24. The molecular formula is C31H33NO9. The average Bonchev–Trinajstić information content (AvgIpc) is 3.25. The number of ketones is 2. The molecule has 2 fully saturated rings. The first-order valence-electron chi connectivity index (χ1n) is 14.0. The lowest BCUT2D eigenvalue weighted by atomic mass is 9.78. The number of nitrogens with zero attached hydrogens (tertiary/aromatic N) is 1. The molecule has 2 aromatic carbocycles. The van der Waals surface area contributed by atoms with Crippen LogP contribution in [0.5, 0.6) is 11.5 Å². The number of hydrogen-bond donors (Lipinski definition) is 3. The number of rotatable bonds is 5. The minimum atomic E-state index is -1.09. The van der Waals surface area contributed by atoms with Crippen LogP contribution in [0.15, 0.2) is 36.0 Å². The summed E-state index contributed by atoms with van der Waals surface area (Å²) >= 11 is 0. The van der Waals surface area contributed by atoms with Gasteiger partial charge in [0.15, 0.2) is 5.78 Å². The van der Waals surface area contributed by atoms with Crippen LogP contribution in [0.1, 0.15) is 83.7 Å². The van der Waals surface area contributed by atoms with E-state index in [1.165, 1.54) is 12.1 Å². The van der Waals surface area contributed by atoms with Gasteiger partial charge < -0.3 is 34.4 Å². The highest BCUT2D eigenvalue weighted by molar-refractivity contribution is 6.41. The molecule has 41 heavy (non-hydrogen) atoms. The van der Waals surface area contributed by atoms with Crippen molar-refractivity contribution in [1.82, 2.24) is 4.90 Å². The summed E-state index contributed by atoms with van der Waals surface area (Å²) in [4.78, 5) is 43.5. The van der Waals surface area contributed by atoms with Gasteiger partial charge in [-0.15, -0.1) is 0 Å². The maximum atomic E-state index is 14.5. The van der Waals surface area contributed by atoms with Gasteiger partial charge in [0.2, 0.25) is 18.3 Å². The monoisotopic (exact) mass is 563 g/mol. The summed E-state index contributed by atoms with van der Waals surface area (Å²) in [5, 5.41) is 31.4. The van der Waals surface area contributed by atoms with E-state index in [1.54, 1.807) is 36.9 Å². The van der Waals surface area contributed by atoms with Crippen LogP contribution in [-0.4, -0.2) is 68.4 Å². The summed E-state index contributed by atoms with van der Waals surface area (Å²) in [5.41, 5.74) is 1.45. The number of phenolic OH excluding ortho intramolecular Hbond substituents is 1. The van der Waals surface area contributed by atoms with E-state index in [4.69, 9.17) is 14.2 Å². The van der Waals surface area contributed by atoms with Crippen molar-refractivity contribution in [3.63, 3.8) is 0 Å². The average molecular weight is 564 g/mol. The molecule has 10 heteroatoms. The van der Waals surface area contributed by atoms with Gasteiger partial charge >= 0.3 is 5.97 Å². The van der Waals surface area contributed by atoms with E-state index in [9.17, 15) is 29.7 Å². The van der Waals surface area contributed by atoms with Crippen LogP contribution in [0.4, 0.5) is 0 Å². The topological polar surface area (TPSA) is 143 Å². The van der Waals surface area contributed by atoms with E-state index in [2.05, 4.69) is 0 Å². The number of esters is 1. The third-order valence-corrected chi connectivity index (χ3v) is 8.59. The van der Waals surface area contributed by atoms with Crippen LogP contribution in [0.3, 0.4) is 0 Å². The van der Waals surface area contributed by atoms with Crippen LogP contribution in [-0.2, 0) is 14.3 Å². The van der Waals surface area contributed by atoms with E-state index in [-0.39, 0.29) is 51.8 Å². The first kappa shape index (κ1) is 27.4. The van der Waals surface area contributed by atoms with Crippen LogP contribution >= 0.6 is 0 Å². The number of carbonyl (C=O) groups excluding carboxylic acids is 3. The second-order valence-electron chi connectivity index (χ2n) is 11.5. The summed E-state index contributed by atoms with van der Waals surface area (Å²) in [6, 6.07) is 7.12.